The van der Waals surface area contributed by atoms with E-state index in [0.717, 1.165) is 5.75 Å². The summed E-state index contributed by atoms with van der Waals surface area (Å²) in [5.41, 5.74) is 1.20. The van der Waals surface area contributed by atoms with E-state index >= 15 is 0 Å². The standard InChI is InChI=1S/C17H15N2O2/c1-12(2)21-14-7-5-6-13(10-14)19-11-18-16-9-4-3-8-15(16)17(19)20/h3-10,12H,1-2H3. The van der Waals surface area contributed by atoms with Gasteiger partial charge in [0.2, 0.25) is 0 Å². The van der Waals surface area contributed by atoms with Crippen LogP contribution in [0, 0.1) is 6.33 Å². The first-order chi connectivity index (χ1) is 10.1. The van der Waals surface area contributed by atoms with Crippen LogP contribution < -0.4 is 10.3 Å². The van der Waals surface area contributed by atoms with E-state index in [2.05, 4.69) is 11.3 Å². The molecule has 0 aliphatic heterocycles. The summed E-state index contributed by atoms with van der Waals surface area (Å²) in [5, 5.41) is 0.575. The molecule has 4 heteroatoms. The molecule has 4 nitrogen and oxygen atoms in total. The van der Waals surface area contributed by atoms with Gasteiger partial charge in [0.15, 0.2) is 6.33 Å². The average Bonchev–Trinajstić information content (AvgIpc) is 2.47. The van der Waals surface area contributed by atoms with Crippen LogP contribution >= 0.6 is 0 Å². The first-order valence-electron chi connectivity index (χ1n) is 6.82. The smallest absolute Gasteiger partial charge is 0.266 e. The fourth-order valence-electron chi connectivity index (χ4n) is 2.16. The summed E-state index contributed by atoms with van der Waals surface area (Å²) in [7, 11) is 0. The number of para-hydroxylation sites is 1. The van der Waals surface area contributed by atoms with Gasteiger partial charge in [-0.2, -0.15) is 0 Å². The predicted molar refractivity (Wildman–Crippen MR) is 81.9 cm³/mol. The van der Waals surface area contributed by atoms with Gasteiger partial charge in [-0.15, -0.1) is 0 Å². The van der Waals surface area contributed by atoms with Crippen LogP contribution in [0.3, 0.4) is 0 Å². The van der Waals surface area contributed by atoms with Crippen molar-refractivity contribution in [3.8, 4) is 11.4 Å². The molecule has 105 valence electrons. The number of fused-ring (bicyclic) bond motifs is 1. The second kappa shape index (κ2) is 5.40. The van der Waals surface area contributed by atoms with E-state index in [-0.39, 0.29) is 11.7 Å². The highest BCUT2D eigenvalue weighted by Gasteiger charge is 2.07. The highest BCUT2D eigenvalue weighted by atomic mass is 16.5. The van der Waals surface area contributed by atoms with Gasteiger partial charge in [-0.1, -0.05) is 18.2 Å². The maximum Gasteiger partial charge on any atom is 0.266 e. The first-order valence-corrected chi connectivity index (χ1v) is 6.82. The minimum Gasteiger partial charge on any atom is -0.491 e. The van der Waals surface area contributed by atoms with Crippen LogP contribution in [-0.2, 0) is 0 Å². The zero-order chi connectivity index (χ0) is 14.8. The highest BCUT2D eigenvalue weighted by molar-refractivity contribution is 5.77. The van der Waals surface area contributed by atoms with Crippen molar-refractivity contribution in [2.24, 2.45) is 0 Å². The SMILES string of the molecule is CC(C)Oc1cccc(-n2[c]nc3ccccc3c2=O)c1. The van der Waals surface area contributed by atoms with Gasteiger partial charge in [0.1, 0.15) is 5.75 Å². The molecule has 0 bridgehead atoms. The molecule has 0 aliphatic carbocycles. The topological polar surface area (TPSA) is 44.1 Å². The lowest BCUT2D eigenvalue weighted by atomic mass is 10.2. The van der Waals surface area contributed by atoms with E-state index in [1.165, 1.54) is 4.57 Å². The Kier molecular flexibility index (Phi) is 3.44. The summed E-state index contributed by atoms with van der Waals surface area (Å²) in [6.45, 7) is 3.92. The van der Waals surface area contributed by atoms with Crippen molar-refractivity contribution in [2.45, 2.75) is 20.0 Å². The third kappa shape index (κ3) is 2.65. The lowest BCUT2D eigenvalue weighted by molar-refractivity contribution is 0.242. The maximum atomic E-state index is 12.5. The second-order valence-electron chi connectivity index (χ2n) is 5.03. The van der Waals surface area contributed by atoms with E-state index < -0.39 is 0 Å². The molecule has 0 fully saturated rings. The Balaban J connectivity index is 2.12. The molecule has 1 radical (unpaired) electrons. The summed E-state index contributed by atoms with van der Waals surface area (Å²) < 4.78 is 7.07. The van der Waals surface area contributed by atoms with Gasteiger partial charge < -0.3 is 4.74 Å². The molecule has 2 aromatic carbocycles. The molecule has 0 saturated heterocycles. The fourth-order valence-corrected chi connectivity index (χ4v) is 2.16. The van der Waals surface area contributed by atoms with Crippen molar-refractivity contribution >= 4 is 10.9 Å². The summed E-state index contributed by atoms with van der Waals surface area (Å²) in [4.78, 5) is 16.7. The van der Waals surface area contributed by atoms with Gasteiger partial charge in [0.05, 0.1) is 22.7 Å². The van der Waals surface area contributed by atoms with Crippen LogP contribution in [0.15, 0.2) is 53.3 Å². The largest absolute Gasteiger partial charge is 0.491 e. The molecule has 0 atom stereocenters. The van der Waals surface area contributed by atoms with Crippen molar-refractivity contribution in [1.29, 1.82) is 0 Å². The molecule has 0 N–H and O–H groups in total. The zero-order valence-corrected chi connectivity index (χ0v) is 11.9. The Morgan fingerprint density at radius 2 is 1.95 bits per heavy atom. The molecule has 0 amide bonds. The molecule has 21 heavy (non-hydrogen) atoms. The van der Waals surface area contributed by atoms with Crippen LogP contribution in [0.2, 0.25) is 0 Å². The Bertz CT molecular complexity index is 837. The Morgan fingerprint density at radius 1 is 1.14 bits per heavy atom. The van der Waals surface area contributed by atoms with Gasteiger partial charge in [0.25, 0.3) is 5.56 Å². The third-order valence-electron chi connectivity index (χ3n) is 3.06. The molecule has 0 unspecified atom stereocenters. The van der Waals surface area contributed by atoms with E-state index in [0.29, 0.717) is 16.6 Å². The molecule has 3 rings (SSSR count). The van der Waals surface area contributed by atoms with Crippen molar-refractivity contribution < 1.29 is 4.74 Å². The van der Waals surface area contributed by atoms with Crippen molar-refractivity contribution in [3.63, 3.8) is 0 Å². The lowest BCUT2D eigenvalue weighted by Gasteiger charge is -2.11. The molecular formula is C17H15N2O2. The van der Waals surface area contributed by atoms with Gasteiger partial charge in [-0.25, -0.2) is 4.98 Å². The normalized spacial score (nSPS) is 11.0. The first kappa shape index (κ1) is 13.4. The van der Waals surface area contributed by atoms with E-state index in [1.807, 2.05) is 50.2 Å². The summed E-state index contributed by atoms with van der Waals surface area (Å²) in [6.07, 6.45) is 2.85. The number of ether oxygens (including phenoxy) is 1. The summed E-state index contributed by atoms with van der Waals surface area (Å²) in [6, 6.07) is 14.6. The Hall–Kier alpha value is -2.62. The average molecular weight is 279 g/mol. The summed E-state index contributed by atoms with van der Waals surface area (Å²) in [5.74, 6) is 0.718. The van der Waals surface area contributed by atoms with Crippen molar-refractivity contribution in [3.05, 3.63) is 65.2 Å². The Labute approximate surface area is 122 Å². The van der Waals surface area contributed by atoms with Gasteiger partial charge in [0, 0.05) is 6.07 Å². The fraction of sp³-hybridized carbons (Fsp3) is 0.176. The minimum absolute atomic E-state index is 0.0793. The van der Waals surface area contributed by atoms with E-state index in [4.69, 9.17) is 4.74 Å². The molecule has 0 aliphatic rings. The number of benzene rings is 2. The minimum atomic E-state index is -0.137. The lowest BCUT2D eigenvalue weighted by Crippen LogP contribution is -2.19. The van der Waals surface area contributed by atoms with Gasteiger partial charge in [-0.3, -0.25) is 9.36 Å². The van der Waals surface area contributed by atoms with E-state index in [9.17, 15) is 4.79 Å². The van der Waals surface area contributed by atoms with E-state index in [1.54, 1.807) is 12.1 Å². The number of rotatable bonds is 3. The van der Waals surface area contributed by atoms with Crippen LogP contribution in [0.25, 0.3) is 16.6 Å². The third-order valence-corrected chi connectivity index (χ3v) is 3.06. The van der Waals surface area contributed by atoms with Crippen molar-refractivity contribution in [2.75, 3.05) is 0 Å². The summed E-state index contributed by atoms with van der Waals surface area (Å²) >= 11 is 0. The number of nitrogens with zero attached hydrogens (tertiary/aromatic N) is 2. The number of aromatic nitrogens is 2. The van der Waals surface area contributed by atoms with Crippen molar-refractivity contribution in [1.82, 2.24) is 9.55 Å². The van der Waals surface area contributed by atoms with Crippen LogP contribution in [0.5, 0.6) is 5.75 Å². The maximum absolute atomic E-state index is 12.5. The molecule has 1 aromatic heterocycles. The molecular weight excluding hydrogens is 264 g/mol. The molecule has 3 aromatic rings. The van der Waals surface area contributed by atoms with Gasteiger partial charge >= 0.3 is 0 Å². The predicted octanol–water partition coefficient (Wildman–Crippen LogP) is 2.97. The molecule has 0 spiro atoms. The Morgan fingerprint density at radius 3 is 2.76 bits per heavy atom. The van der Waals surface area contributed by atoms with Crippen LogP contribution in [0.4, 0.5) is 0 Å². The second-order valence-corrected chi connectivity index (χ2v) is 5.03. The number of hydrogen-bond acceptors (Lipinski definition) is 3. The molecule has 1 heterocycles. The number of hydrogen-bond donors (Lipinski definition) is 0. The quantitative estimate of drug-likeness (QED) is 0.740. The van der Waals surface area contributed by atoms with Gasteiger partial charge in [-0.05, 0) is 38.1 Å². The monoisotopic (exact) mass is 279 g/mol. The zero-order valence-electron chi connectivity index (χ0n) is 11.9. The highest BCUT2D eigenvalue weighted by Crippen LogP contribution is 2.17. The van der Waals surface area contributed by atoms with Crippen LogP contribution in [-0.4, -0.2) is 15.7 Å². The van der Waals surface area contributed by atoms with Crippen LogP contribution in [0.1, 0.15) is 13.8 Å². The molecule has 0 saturated carbocycles.